The first kappa shape index (κ1) is 15.4. The van der Waals surface area contributed by atoms with Crippen molar-refractivity contribution < 1.29 is 18.3 Å². The quantitative estimate of drug-likeness (QED) is 0.878. The van der Waals surface area contributed by atoms with Crippen LogP contribution in [-0.4, -0.2) is 24.2 Å². The summed E-state index contributed by atoms with van der Waals surface area (Å²) in [5, 5.41) is -0.323. The summed E-state index contributed by atoms with van der Waals surface area (Å²) in [6.07, 6.45) is 1.31. The van der Waals surface area contributed by atoms with E-state index in [9.17, 15) is 8.78 Å². The highest BCUT2D eigenvalue weighted by atomic mass is 35.5. The van der Waals surface area contributed by atoms with E-state index >= 15 is 0 Å². The molecule has 112 valence electrons. The van der Waals surface area contributed by atoms with Crippen LogP contribution in [0.1, 0.15) is 17.3 Å². The van der Waals surface area contributed by atoms with Gasteiger partial charge in [-0.15, -0.1) is 0 Å². The molecule has 0 fully saturated rings. The number of nitrogens with two attached hydrogens (primary N) is 1. The number of rotatable bonds is 4. The highest BCUT2D eigenvalue weighted by Gasteiger charge is 2.22. The molecule has 2 aromatic rings. The van der Waals surface area contributed by atoms with Gasteiger partial charge in [-0.1, -0.05) is 11.6 Å². The molecule has 0 aliphatic heterocycles. The summed E-state index contributed by atoms with van der Waals surface area (Å²) in [5.74, 6) is -1.24. The van der Waals surface area contributed by atoms with Gasteiger partial charge in [0.2, 0.25) is 11.8 Å². The van der Waals surface area contributed by atoms with E-state index in [2.05, 4.69) is 9.97 Å². The second-order valence-electron chi connectivity index (χ2n) is 4.07. The van der Waals surface area contributed by atoms with E-state index in [0.29, 0.717) is 0 Å². The van der Waals surface area contributed by atoms with Gasteiger partial charge in [-0.05, 0) is 12.1 Å². The maximum absolute atomic E-state index is 13.9. The molecule has 5 nitrogen and oxygen atoms in total. The van der Waals surface area contributed by atoms with Gasteiger partial charge < -0.3 is 15.2 Å². The van der Waals surface area contributed by atoms with Gasteiger partial charge in [-0.25, -0.2) is 13.8 Å². The third-order valence-corrected chi connectivity index (χ3v) is 3.11. The Morgan fingerprint density at radius 1 is 1.19 bits per heavy atom. The molecule has 1 aromatic heterocycles. The summed E-state index contributed by atoms with van der Waals surface area (Å²) in [5.41, 5.74) is 5.98. The van der Waals surface area contributed by atoms with Crippen molar-refractivity contribution in [2.24, 2.45) is 5.73 Å². The van der Waals surface area contributed by atoms with Gasteiger partial charge in [-0.3, -0.25) is 0 Å². The Balaban J connectivity index is 2.49. The Labute approximate surface area is 124 Å². The second-order valence-corrected chi connectivity index (χ2v) is 4.48. The number of halogens is 3. The van der Waals surface area contributed by atoms with Crippen LogP contribution in [0.4, 0.5) is 8.78 Å². The number of aromatic nitrogens is 2. The Bertz CT molecular complexity index is 670. The van der Waals surface area contributed by atoms with E-state index in [1.807, 2.05) is 0 Å². The Morgan fingerprint density at radius 3 is 2.52 bits per heavy atom. The van der Waals surface area contributed by atoms with E-state index in [1.165, 1.54) is 20.4 Å². The lowest BCUT2D eigenvalue weighted by atomic mass is 10.0. The van der Waals surface area contributed by atoms with Crippen molar-refractivity contribution >= 4 is 11.6 Å². The van der Waals surface area contributed by atoms with Crippen molar-refractivity contribution in [3.63, 3.8) is 0 Å². The Kier molecular flexibility index (Phi) is 4.54. The van der Waals surface area contributed by atoms with Gasteiger partial charge >= 0.3 is 0 Å². The SMILES string of the molecule is COc1cnc(C(N)c2cc(F)c(Cl)cc2F)c(OC)n1. The fourth-order valence-corrected chi connectivity index (χ4v) is 1.90. The number of hydrogen-bond acceptors (Lipinski definition) is 5. The highest BCUT2D eigenvalue weighted by molar-refractivity contribution is 6.30. The molecule has 8 heteroatoms. The van der Waals surface area contributed by atoms with Crippen LogP contribution in [0.2, 0.25) is 5.02 Å². The lowest BCUT2D eigenvalue weighted by Crippen LogP contribution is -2.17. The first-order chi connectivity index (χ1) is 9.97. The summed E-state index contributed by atoms with van der Waals surface area (Å²) >= 11 is 5.51. The van der Waals surface area contributed by atoms with Crippen LogP contribution in [0.5, 0.6) is 11.8 Å². The van der Waals surface area contributed by atoms with Crippen molar-refractivity contribution in [2.75, 3.05) is 14.2 Å². The van der Waals surface area contributed by atoms with Crippen molar-refractivity contribution in [1.29, 1.82) is 0 Å². The molecule has 0 aliphatic rings. The van der Waals surface area contributed by atoms with Crippen LogP contribution >= 0.6 is 11.6 Å². The van der Waals surface area contributed by atoms with Gasteiger partial charge in [0.05, 0.1) is 31.5 Å². The molecule has 0 aliphatic carbocycles. The third-order valence-electron chi connectivity index (χ3n) is 2.82. The molecule has 1 heterocycles. The van der Waals surface area contributed by atoms with Crippen LogP contribution in [0.15, 0.2) is 18.3 Å². The molecule has 0 radical (unpaired) electrons. The summed E-state index contributed by atoms with van der Waals surface area (Å²) in [4.78, 5) is 8.03. The molecule has 2 N–H and O–H groups in total. The van der Waals surface area contributed by atoms with E-state index in [4.69, 9.17) is 26.8 Å². The maximum atomic E-state index is 13.9. The zero-order valence-corrected chi connectivity index (χ0v) is 12.0. The van der Waals surface area contributed by atoms with Gasteiger partial charge in [0.25, 0.3) is 0 Å². The smallest absolute Gasteiger partial charge is 0.240 e. The molecule has 1 unspecified atom stereocenters. The number of ether oxygens (including phenoxy) is 2. The van der Waals surface area contributed by atoms with Gasteiger partial charge in [0.1, 0.15) is 17.3 Å². The molecule has 21 heavy (non-hydrogen) atoms. The lowest BCUT2D eigenvalue weighted by Gasteiger charge is -2.15. The fourth-order valence-electron chi connectivity index (χ4n) is 1.75. The standard InChI is InChI=1S/C13H12ClF2N3O2/c1-20-10-5-18-12(13(19-10)21-2)11(17)6-3-9(16)7(14)4-8(6)15/h3-5,11H,17H2,1-2H3. The molecule has 0 spiro atoms. The topological polar surface area (TPSA) is 70.3 Å². The number of benzene rings is 1. The summed E-state index contributed by atoms with van der Waals surface area (Å²) < 4.78 is 37.4. The molecule has 0 bridgehead atoms. The van der Waals surface area contributed by atoms with Gasteiger partial charge in [0, 0.05) is 5.56 Å². The molecule has 0 amide bonds. The van der Waals surface area contributed by atoms with Crippen LogP contribution in [0.3, 0.4) is 0 Å². The molecule has 1 atom stereocenters. The Morgan fingerprint density at radius 2 is 1.90 bits per heavy atom. The first-order valence-corrected chi connectivity index (χ1v) is 6.20. The van der Waals surface area contributed by atoms with Crippen molar-refractivity contribution in [2.45, 2.75) is 6.04 Å². The summed E-state index contributed by atoms with van der Waals surface area (Å²) in [7, 11) is 2.77. The third kappa shape index (κ3) is 3.03. The maximum Gasteiger partial charge on any atom is 0.240 e. The van der Waals surface area contributed by atoms with Gasteiger partial charge in [0.15, 0.2) is 0 Å². The second kappa shape index (κ2) is 6.19. The van der Waals surface area contributed by atoms with E-state index < -0.39 is 17.7 Å². The van der Waals surface area contributed by atoms with Crippen molar-refractivity contribution in [3.05, 3.63) is 46.2 Å². The minimum Gasteiger partial charge on any atom is -0.480 e. The molecular formula is C13H12ClF2N3O2. The Hall–Kier alpha value is -1.99. The average Bonchev–Trinajstić information content (AvgIpc) is 2.49. The lowest BCUT2D eigenvalue weighted by molar-refractivity contribution is 0.354. The molecule has 0 saturated carbocycles. The summed E-state index contributed by atoms with van der Waals surface area (Å²) in [6, 6.07) is 0.716. The number of methoxy groups -OCH3 is 2. The number of hydrogen-bond donors (Lipinski definition) is 1. The largest absolute Gasteiger partial charge is 0.480 e. The predicted molar refractivity (Wildman–Crippen MR) is 72.5 cm³/mol. The zero-order chi connectivity index (χ0) is 15.6. The predicted octanol–water partition coefficient (Wildman–Crippen LogP) is 2.47. The van der Waals surface area contributed by atoms with Crippen LogP contribution < -0.4 is 15.2 Å². The van der Waals surface area contributed by atoms with E-state index in [1.54, 1.807) is 0 Å². The highest BCUT2D eigenvalue weighted by Crippen LogP contribution is 2.30. The van der Waals surface area contributed by atoms with Crippen LogP contribution in [-0.2, 0) is 0 Å². The number of nitrogens with zero attached hydrogens (tertiary/aromatic N) is 2. The van der Waals surface area contributed by atoms with Crippen molar-refractivity contribution in [3.8, 4) is 11.8 Å². The zero-order valence-electron chi connectivity index (χ0n) is 11.2. The van der Waals surface area contributed by atoms with Crippen LogP contribution in [0.25, 0.3) is 0 Å². The van der Waals surface area contributed by atoms with E-state index in [0.717, 1.165) is 12.1 Å². The van der Waals surface area contributed by atoms with E-state index in [-0.39, 0.29) is 28.0 Å². The molecule has 0 saturated heterocycles. The monoisotopic (exact) mass is 315 g/mol. The minimum atomic E-state index is -1.06. The molecule has 1 aromatic carbocycles. The van der Waals surface area contributed by atoms with Crippen molar-refractivity contribution in [1.82, 2.24) is 9.97 Å². The fraction of sp³-hybridized carbons (Fsp3) is 0.231. The van der Waals surface area contributed by atoms with Crippen LogP contribution in [0, 0.1) is 11.6 Å². The minimum absolute atomic E-state index is 0.0663. The average molecular weight is 316 g/mol. The van der Waals surface area contributed by atoms with Gasteiger partial charge in [-0.2, -0.15) is 4.98 Å². The molecular weight excluding hydrogens is 304 g/mol. The normalized spacial score (nSPS) is 12.1. The first-order valence-electron chi connectivity index (χ1n) is 5.82. The summed E-state index contributed by atoms with van der Waals surface area (Å²) in [6.45, 7) is 0. The molecule has 2 rings (SSSR count).